The van der Waals surface area contributed by atoms with Crippen LogP contribution in [-0.4, -0.2) is 63.0 Å². The molecule has 2 aliphatic rings. The van der Waals surface area contributed by atoms with Crippen molar-refractivity contribution in [1.82, 2.24) is 14.9 Å². The predicted molar refractivity (Wildman–Crippen MR) is 187 cm³/mol. The Bertz CT molecular complexity index is 2360. The fourth-order valence-electron chi connectivity index (χ4n) is 6.49. The number of aliphatic hydroxyl groups is 1. The number of nitrogens with zero attached hydrogens (tertiary/aromatic N) is 3. The summed E-state index contributed by atoms with van der Waals surface area (Å²) in [5.41, 5.74) is 3.66. The van der Waals surface area contributed by atoms with Crippen LogP contribution in [0, 0.1) is 0 Å². The lowest BCUT2D eigenvalue weighted by molar-refractivity contribution is -0.142. The van der Waals surface area contributed by atoms with Gasteiger partial charge < -0.3 is 33.6 Å². The molecule has 6 aromatic rings. The molecule has 2 aliphatic heterocycles. The first-order chi connectivity index (χ1) is 24.8. The fraction of sp³-hybridized carbons (Fsp3) is 0.211. The van der Waals surface area contributed by atoms with Crippen molar-refractivity contribution in [3.05, 3.63) is 112 Å². The van der Waals surface area contributed by atoms with Gasteiger partial charge in [-0.1, -0.05) is 41.9 Å². The second-order valence-electron chi connectivity index (χ2n) is 12.3. The van der Waals surface area contributed by atoms with Gasteiger partial charge in [0, 0.05) is 48.2 Å². The molecule has 1 saturated heterocycles. The molecule has 12 nitrogen and oxygen atoms in total. The molecule has 0 radical (unpaired) electrons. The quantitative estimate of drug-likeness (QED) is 0.164. The summed E-state index contributed by atoms with van der Waals surface area (Å²) in [6.45, 7) is 1.37. The molecule has 0 amide bonds. The zero-order valence-electron chi connectivity index (χ0n) is 27.0. The van der Waals surface area contributed by atoms with Crippen LogP contribution in [0.4, 0.5) is 0 Å². The van der Waals surface area contributed by atoms with Crippen LogP contribution in [0.25, 0.3) is 33.0 Å². The van der Waals surface area contributed by atoms with Gasteiger partial charge in [0.05, 0.1) is 22.0 Å². The summed E-state index contributed by atoms with van der Waals surface area (Å²) in [5, 5.41) is 21.7. The van der Waals surface area contributed by atoms with Gasteiger partial charge in [-0.25, -0.2) is 14.8 Å². The Labute approximate surface area is 295 Å². The van der Waals surface area contributed by atoms with Crippen molar-refractivity contribution in [1.29, 1.82) is 0 Å². The van der Waals surface area contributed by atoms with E-state index in [1.807, 2.05) is 48.5 Å². The Hall–Kier alpha value is -5.69. The number of carbonyl (C=O) groups is 1. The molecule has 2 aromatic heterocycles. The molecule has 0 saturated carbocycles. The Kier molecular flexibility index (Phi) is 8.64. The van der Waals surface area contributed by atoms with E-state index in [0.29, 0.717) is 52.5 Å². The number of β-amino-alcohol motifs (C(OH)–C–C–N with tert-alkyl or cyclic N) is 1. The van der Waals surface area contributed by atoms with Crippen LogP contribution >= 0.6 is 11.6 Å². The molecule has 0 aliphatic carbocycles. The van der Waals surface area contributed by atoms with Crippen molar-refractivity contribution < 1.29 is 38.4 Å². The maximum absolute atomic E-state index is 12.0. The number of para-hydroxylation sites is 1. The lowest BCUT2D eigenvalue weighted by Crippen LogP contribution is -2.35. The average molecular weight is 708 g/mol. The summed E-state index contributed by atoms with van der Waals surface area (Å²) in [6, 6.07) is 22.3. The van der Waals surface area contributed by atoms with Gasteiger partial charge in [0.25, 0.3) is 0 Å². The maximum Gasteiger partial charge on any atom is 0.336 e. The Morgan fingerprint density at radius 1 is 0.961 bits per heavy atom. The summed E-state index contributed by atoms with van der Waals surface area (Å²) >= 11 is 6.83. The van der Waals surface area contributed by atoms with E-state index in [1.54, 1.807) is 29.2 Å². The van der Waals surface area contributed by atoms with Gasteiger partial charge in [-0.3, -0.25) is 9.69 Å². The van der Waals surface area contributed by atoms with Crippen LogP contribution in [0.1, 0.15) is 17.5 Å². The van der Waals surface area contributed by atoms with Crippen LogP contribution in [0.5, 0.6) is 28.9 Å². The molecule has 2 N–H and O–H groups in total. The summed E-state index contributed by atoms with van der Waals surface area (Å²) in [5.74, 6) is 1.21. The van der Waals surface area contributed by atoms with E-state index >= 15 is 0 Å². The monoisotopic (exact) mass is 707 g/mol. The topological polar surface area (TPSA) is 154 Å². The lowest BCUT2D eigenvalue weighted by Gasteiger charge is -2.23. The minimum absolute atomic E-state index is 0.0862. The second-order valence-corrected chi connectivity index (χ2v) is 12.7. The van der Waals surface area contributed by atoms with Crippen molar-refractivity contribution >= 4 is 39.4 Å². The highest BCUT2D eigenvalue weighted by Crippen LogP contribution is 2.41. The molecular weight excluding hydrogens is 678 g/mol. The number of carboxylic acids is 1. The van der Waals surface area contributed by atoms with E-state index in [0.717, 1.165) is 22.1 Å². The molecule has 51 heavy (non-hydrogen) atoms. The number of hydrogen-bond donors (Lipinski definition) is 2. The van der Waals surface area contributed by atoms with E-state index in [4.69, 9.17) is 35.0 Å². The van der Waals surface area contributed by atoms with Crippen LogP contribution in [0.15, 0.2) is 94.4 Å². The molecule has 0 unspecified atom stereocenters. The number of aliphatic hydroxyl groups excluding tert-OH is 1. The molecule has 0 spiro atoms. The first-order valence-corrected chi connectivity index (χ1v) is 16.6. The molecule has 258 valence electrons. The largest absolute Gasteiger partial charge is 0.488 e. The van der Waals surface area contributed by atoms with Gasteiger partial charge in [0.2, 0.25) is 5.88 Å². The van der Waals surface area contributed by atoms with E-state index in [1.165, 1.54) is 12.4 Å². The number of hydrogen-bond acceptors (Lipinski definition) is 11. The number of halogens is 1. The smallest absolute Gasteiger partial charge is 0.336 e. The average Bonchev–Trinajstić information content (AvgIpc) is 3.51. The first kappa shape index (κ1) is 32.5. The Morgan fingerprint density at radius 3 is 2.67 bits per heavy atom. The molecule has 1 fully saturated rings. The maximum atomic E-state index is 12.0. The van der Waals surface area contributed by atoms with Crippen LogP contribution in [0.3, 0.4) is 0 Å². The van der Waals surface area contributed by atoms with Crippen LogP contribution < -0.4 is 24.6 Å². The normalized spacial score (nSPS) is 17.1. The number of ether oxygens (including phenoxy) is 4. The van der Waals surface area contributed by atoms with Crippen molar-refractivity contribution in [2.45, 2.75) is 31.7 Å². The van der Waals surface area contributed by atoms with E-state index < -0.39 is 23.7 Å². The standard InChI is InChI=1S/C38H30ClN3O9/c39-28-13-24(17-42-18-25(43)15-29(42)38(45)46)31(49-19-21-4-5-22-7-9-35(44)50-32(22)12-21)16-33(28)51-37-27-3-1-2-26(36(27)40-20-41-37)23-6-8-30-34(14-23)48-11-10-47-30/h1-9,12-14,16,20,25,29,43H,10-11,15,17-19H2,(H,45,46)/t25-,29-/m1/s1. The highest BCUT2D eigenvalue weighted by Gasteiger charge is 2.36. The molecule has 13 heteroatoms. The Balaban J connectivity index is 1.14. The predicted octanol–water partition coefficient (Wildman–Crippen LogP) is 6.22. The van der Waals surface area contributed by atoms with Gasteiger partial charge in [0.15, 0.2) is 17.2 Å². The number of aromatic nitrogens is 2. The Morgan fingerprint density at radius 2 is 1.80 bits per heavy atom. The summed E-state index contributed by atoms with van der Waals surface area (Å²) in [4.78, 5) is 34.5. The van der Waals surface area contributed by atoms with Gasteiger partial charge in [-0.05, 0) is 47.5 Å². The number of carboxylic acid groups (broad SMARTS) is 1. The van der Waals surface area contributed by atoms with Gasteiger partial charge in [-0.2, -0.15) is 0 Å². The van der Waals surface area contributed by atoms with Gasteiger partial charge >= 0.3 is 11.6 Å². The fourth-order valence-corrected chi connectivity index (χ4v) is 6.72. The van der Waals surface area contributed by atoms with E-state index in [-0.39, 0.29) is 42.8 Å². The van der Waals surface area contributed by atoms with E-state index in [2.05, 4.69) is 9.97 Å². The SMILES string of the molecule is O=C(O)[C@H]1C[C@@H](O)CN1Cc1cc(Cl)c(Oc2ncnc3c(-c4ccc5c(c4)OCCO5)cccc23)cc1OCc1ccc2ccc(=O)oc2c1. The second kappa shape index (κ2) is 13.6. The van der Waals surface area contributed by atoms with Crippen molar-refractivity contribution in [2.24, 2.45) is 0 Å². The minimum atomic E-state index is -1.02. The van der Waals surface area contributed by atoms with Gasteiger partial charge in [-0.15, -0.1) is 0 Å². The number of fused-ring (bicyclic) bond motifs is 3. The summed E-state index contributed by atoms with van der Waals surface area (Å²) < 4.78 is 29.5. The molecule has 4 aromatic carbocycles. The minimum Gasteiger partial charge on any atom is -0.488 e. The van der Waals surface area contributed by atoms with Crippen molar-refractivity contribution in [3.8, 4) is 40.0 Å². The zero-order valence-corrected chi connectivity index (χ0v) is 27.7. The summed E-state index contributed by atoms with van der Waals surface area (Å²) in [6.07, 6.45) is 0.748. The molecule has 0 bridgehead atoms. The van der Waals surface area contributed by atoms with E-state index in [9.17, 15) is 19.8 Å². The highest BCUT2D eigenvalue weighted by molar-refractivity contribution is 6.32. The zero-order chi connectivity index (χ0) is 35.1. The highest BCUT2D eigenvalue weighted by atomic mass is 35.5. The third-order valence-corrected chi connectivity index (χ3v) is 9.22. The molecule has 4 heterocycles. The number of aliphatic carboxylic acids is 1. The van der Waals surface area contributed by atoms with Crippen molar-refractivity contribution in [3.63, 3.8) is 0 Å². The van der Waals surface area contributed by atoms with Crippen molar-refractivity contribution in [2.75, 3.05) is 19.8 Å². The third kappa shape index (κ3) is 6.64. The number of rotatable bonds is 9. The molecular formula is C38H30ClN3O9. The van der Waals surface area contributed by atoms with Gasteiger partial charge in [0.1, 0.15) is 43.5 Å². The third-order valence-electron chi connectivity index (χ3n) is 8.92. The van der Waals surface area contributed by atoms with Crippen LogP contribution in [0.2, 0.25) is 5.02 Å². The number of benzene rings is 4. The molecule has 8 rings (SSSR count). The number of likely N-dealkylation sites (tertiary alicyclic amines) is 1. The van der Waals surface area contributed by atoms with Crippen LogP contribution in [-0.2, 0) is 17.9 Å². The lowest BCUT2D eigenvalue weighted by atomic mass is 10.0. The first-order valence-electron chi connectivity index (χ1n) is 16.2. The summed E-state index contributed by atoms with van der Waals surface area (Å²) in [7, 11) is 0. The molecule has 2 atom stereocenters.